The first-order chi connectivity index (χ1) is 14.5. The number of likely N-dealkylation sites (tertiary alicyclic amines) is 1. The van der Waals surface area contributed by atoms with E-state index in [0.29, 0.717) is 25.4 Å². The van der Waals surface area contributed by atoms with Gasteiger partial charge in [0, 0.05) is 31.7 Å². The van der Waals surface area contributed by atoms with Gasteiger partial charge in [-0.3, -0.25) is 9.59 Å². The lowest BCUT2D eigenvalue weighted by molar-refractivity contribution is -0.128. The van der Waals surface area contributed by atoms with Gasteiger partial charge >= 0.3 is 0 Å². The monoisotopic (exact) mass is 407 g/mol. The number of carbonyl (C=O) groups excluding carboxylic acids is 2. The van der Waals surface area contributed by atoms with E-state index < -0.39 is 0 Å². The summed E-state index contributed by atoms with van der Waals surface area (Å²) in [4.78, 5) is 26.7. The number of hydrogen-bond acceptors (Lipinski definition) is 3. The molecule has 0 saturated carbocycles. The minimum atomic E-state index is -0.337. The number of carbonyl (C=O) groups is 2. The van der Waals surface area contributed by atoms with Crippen molar-refractivity contribution in [3.63, 3.8) is 0 Å². The molecule has 5 heteroatoms. The number of nitrogens with zero attached hydrogens (tertiary/aromatic N) is 1. The topological polar surface area (TPSA) is 61.4 Å². The van der Waals surface area contributed by atoms with Gasteiger partial charge in [0.2, 0.25) is 11.8 Å². The van der Waals surface area contributed by atoms with E-state index in [1.807, 2.05) is 42.2 Å². The van der Waals surface area contributed by atoms with Crippen LogP contribution in [0.1, 0.15) is 62.6 Å². The summed E-state index contributed by atoms with van der Waals surface area (Å²) in [5.74, 6) is 0.577. The molecule has 1 fully saturated rings. The second-order valence-electron chi connectivity index (χ2n) is 8.18. The van der Waals surface area contributed by atoms with Gasteiger partial charge in [0.25, 0.3) is 0 Å². The maximum absolute atomic E-state index is 12.8. The summed E-state index contributed by atoms with van der Waals surface area (Å²) >= 11 is 0. The zero-order chi connectivity index (χ0) is 21.5. The van der Waals surface area contributed by atoms with Crippen molar-refractivity contribution in [1.82, 2.24) is 10.2 Å². The van der Waals surface area contributed by atoms with Crippen LogP contribution in [0.2, 0.25) is 0 Å². The van der Waals surface area contributed by atoms with Crippen molar-refractivity contribution in [1.29, 1.82) is 0 Å². The van der Waals surface area contributed by atoms with Gasteiger partial charge in [-0.1, -0.05) is 56.3 Å². The third kappa shape index (κ3) is 5.48. The molecule has 0 radical (unpaired) electrons. The lowest BCUT2D eigenvalue weighted by atomic mass is 9.97. The minimum Gasteiger partial charge on any atom is -0.338 e. The molecule has 0 spiro atoms. The van der Waals surface area contributed by atoms with Crippen molar-refractivity contribution in [2.24, 2.45) is 0 Å². The van der Waals surface area contributed by atoms with E-state index in [1.165, 1.54) is 5.56 Å². The van der Waals surface area contributed by atoms with Crippen molar-refractivity contribution in [2.45, 2.75) is 65.1 Å². The molecule has 30 heavy (non-hydrogen) atoms. The van der Waals surface area contributed by atoms with Crippen LogP contribution in [-0.2, 0) is 22.7 Å². The Labute approximate surface area is 179 Å². The second-order valence-corrected chi connectivity index (χ2v) is 8.18. The molecule has 160 valence electrons. The summed E-state index contributed by atoms with van der Waals surface area (Å²) in [7, 11) is 0. The summed E-state index contributed by atoms with van der Waals surface area (Å²) in [5, 5.41) is 6.43. The number of amides is 2. The largest absolute Gasteiger partial charge is 0.338 e. The van der Waals surface area contributed by atoms with Gasteiger partial charge < -0.3 is 15.5 Å². The molecule has 1 aliphatic rings. The van der Waals surface area contributed by atoms with Crippen molar-refractivity contribution >= 4 is 17.5 Å². The molecule has 2 aromatic carbocycles. The number of para-hydroxylation sites is 1. The van der Waals surface area contributed by atoms with Crippen LogP contribution in [0.5, 0.6) is 0 Å². The fourth-order valence-corrected chi connectivity index (χ4v) is 3.82. The van der Waals surface area contributed by atoms with Gasteiger partial charge in [-0.05, 0) is 48.4 Å². The molecule has 0 bridgehead atoms. The molecule has 0 aliphatic carbocycles. The predicted molar refractivity (Wildman–Crippen MR) is 121 cm³/mol. The van der Waals surface area contributed by atoms with E-state index in [9.17, 15) is 9.59 Å². The van der Waals surface area contributed by atoms with Gasteiger partial charge in [0.1, 0.15) is 0 Å². The average molecular weight is 408 g/mol. The SMILES string of the molecule is CCC(C)c1ccccc1NC(=O)C(C)NCc1ccccc1CN1CCCC1=O. The summed E-state index contributed by atoms with van der Waals surface area (Å²) in [6, 6.07) is 15.8. The van der Waals surface area contributed by atoms with Crippen molar-refractivity contribution < 1.29 is 9.59 Å². The lowest BCUT2D eigenvalue weighted by Crippen LogP contribution is -2.38. The first-order valence-corrected chi connectivity index (χ1v) is 11.0. The maximum Gasteiger partial charge on any atom is 0.241 e. The number of rotatable bonds is 9. The average Bonchev–Trinajstić information content (AvgIpc) is 3.17. The highest BCUT2D eigenvalue weighted by Gasteiger charge is 2.21. The van der Waals surface area contributed by atoms with Crippen LogP contribution in [0.4, 0.5) is 5.69 Å². The zero-order valence-corrected chi connectivity index (χ0v) is 18.3. The van der Waals surface area contributed by atoms with Crippen molar-refractivity contribution in [2.75, 3.05) is 11.9 Å². The molecule has 2 N–H and O–H groups in total. The Hall–Kier alpha value is -2.66. The third-order valence-electron chi connectivity index (χ3n) is 6.00. The van der Waals surface area contributed by atoms with E-state index in [1.54, 1.807) is 0 Å². The van der Waals surface area contributed by atoms with Crippen LogP contribution in [0.25, 0.3) is 0 Å². The Morgan fingerprint density at radius 2 is 1.77 bits per heavy atom. The van der Waals surface area contributed by atoms with Crippen molar-refractivity contribution in [3.8, 4) is 0 Å². The molecule has 1 saturated heterocycles. The first-order valence-electron chi connectivity index (χ1n) is 11.0. The van der Waals surface area contributed by atoms with Crippen LogP contribution in [0, 0.1) is 0 Å². The van der Waals surface area contributed by atoms with Gasteiger partial charge in [0.05, 0.1) is 6.04 Å². The third-order valence-corrected chi connectivity index (χ3v) is 6.00. The van der Waals surface area contributed by atoms with Gasteiger partial charge in [-0.2, -0.15) is 0 Å². The van der Waals surface area contributed by atoms with Crippen LogP contribution in [0.15, 0.2) is 48.5 Å². The number of anilines is 1. The molecular weight excluding hydrogens is 374 g/mol. The number of benzene rings is 2. The minimum absolute atomic E-state index is 0.0436. The van der Waals surface area contributed by atoms with Crippen LogP contribution < -0.4 is 10.6 Å². The van der Waals surface area contributed by atoms with Crippen molar-refractivity contribution in [3.05, 3.63) is 65.2 Å². The number of hydrogen-bond donors (Lipinski definition) is 2. The van der Waals surface area contributed by atoms with Crippen LogP contribution in [0.3, 0.4) is 0 Å². The summed E-state index contributed by atoms with van der Waals surface area (Å²) in [6.45, 7) is 8.26. The molecule has 3 rings (SSSR count). The van der Waals surface area contributed by atoms with E-state index in [0.717, 1.165) is 36.2 Å². The zero-order valence-electron chi connectivity index (χ0n) is 18.3. The van der Waals surface area contributed by atoms with E-state index in [2.05, 4.69) is 42.7 Å². The van der Waals surface area contributed by atoms with Crippen LogP contribution in [-0.4, -0.2) is 29.3 Å². The standard InChI is InChI=1S/C25H33N3O2/c1-4-18(2)22-12-7-8-13-23(22)27-25(30)19(3)26-16-20-10-5-6-11-21(20)17-28-15-9-14-24(28)29/h5-8,10-13,18-19,26H,4,9,14-17H2,1-3H3,(H,27,30). The summed E-state index contributed by atoms with van der Waals surface area (Å²) < 4.78 is 0. The molecular formula is C25H33N3O2. The first kappa shape index (κ1) is 22.0. The van der Waals surface area contributed by atoms with Gasteiger partial charge in [0.15, 0.2) is 0 Å². The molecule has 2 unspecified atom stereocenters. The molecule has 2 amide bonds. The van der Waals surface area contributed by atoms with E-state index in [-0.39, 0.29) is 17.9 Å². The van der Waals surface area contributed by atoms with Crippen LogP contribution >= 0.6 is 0 Å². The van der Waals surface area contributed by atoms with Gasteiger partial charge in [-0.25, -0.2) is 0 Å². The molecule has 2 atom stereocenters. The second kappa shape index (κ2) is 10.4. The normalized spacial score (nSPS) is 15.8. The lowest BCUT2D eigenvalue weighted by Gasteiger charge is -2.20. The summed E-state index contributed by atoms with van der Waals surface area (Å²) in [5.41, 5.74) is 4.31. The Balaban J connectivity index is 1.60. The predicted octanol–water partition coefficient (Wildman–Crippen LogP) is 4.44. The fourth-order valence-electron chi connectivity index (χ4n) is 3.82. The maximum atomic E-state index is 12.8. The smallest absolute Gasteiger partial charge is 0.241 e. The Morgan fingerprint density at radius 3 is 2.47 bits per heavy atom. The quantitative estimate of drug-likeness (QED) is 0.646. The molecule has 0 aromatic heterocycles. The van der Waals surface area contributed by atoms with Gasteiger partial charge in [-0.15, -0.1) is 0 Å². The molecule has 2 aromatic rings. The fraction of sp³-hybridized carbons (Fsp3) is 0.440. The van der Waals surface area contributed by atoms with E-state index in [4.69, 9.17) is 0 Å². The highest BCUT2D eigenvalue weighted by Crippen LogP contribution is 2.26. The number of nitrogens with one attached hydrogen (secondary N) is 2. The highest BCUT2D eigenvalue weighted by molar-refractivity contribution is 5.95. The Kier molecular flexibility index (Phi) is 7.63. The molecule has 5 nitrogen and oxygen atoms in total. The molecule has 1 aliphatic heterocycles. The summed E-state index contributed by atoms with van der Waals surface area (Å²) in [6.07, 6.45) is 2.61. The van der Waals surface area contributed by atoms with E-state index >= 15 is 0 Å². The highest BCUT2D eigenvalue weighted by atomic mass is 16.2. The Bertz CT molecular complexity index is 880. The molecule has 1 heterocycles. The Morgan fingerprint density at radius 1 is 1.07 bits per heavy atom.